The van der Waals surface area contributed by atoms with E-state index in [9.17, 15) is 18.0 Å². The number of hydrogen-bond acceptors (Lipinski definition) is 4. The van der Waals surface area contributed by atoms with Gasteiger partial charge in [-0.3, -0.25) is 4.79 Å². The molecule has 1 heterocycles. The van der Waals surface area contributed by atoms with Crippen molar-refractivity contribution in [1.82, 2.24) is 10.3 Å². The lowest BCUT2D eigenvalue weighted by Crippen LogP contribution is -2.39. The summed E-state index contributed by atoms with van der Waals surface area (Å²) in [6, 6.07) is 2.88. The zero-order chi connectivity index (χ0) is 15.6. The highest BCUT2D eigenvalue weighted by Crippen LogP contribution is 2.29. The van der Waals surface area contributed by atoms with E-state index in [1.54, 1.807) is 6.07 Å². The fraction of sp³-hybridized carbons (Fsp3) is 0.462. The van der Waals surface area contributed by atoms with Gasteiger partial charge >= 0.3 is 6.18 Å². The van der Waals surface area contributed by atoms with E-state index < -0.39 is 17.9 Å². The van der Waals surface area contributed by atoms with Gasteiger partial charge in [0, 0.05) is 6.04 Å². The lowest BCUT2D eigenvalue weighted by molar-refractivity contribution is -0.141. The smallest absolute Gasteiger partial charge is 0.358 e. The molecular weight excluding hydrogens is 285 g/mol. The molecule has 1 atom stereocenters. The van der Waals surface area contributed by atoms with Crippen LogP contribution in [0.5, 0.6) is 0 Å². The van der Waals surface area contributed by atoms with Gasteiger partial charge < -0.3 is 10.6 Å². The molecule has 0 radical (unpaired) electrons. The van der Waals surface area contributed by atoms with Crippen LogP contribution in [-0.4, -0.2) is 23.0 Å². The van der Waals surface area contributed by atoms with Gasteiger partial charge in [-0.25, -0.2) is 4.98 Å². The number of alkyl halides is 3. The van der Waals surface area contributed by atoms with E-state index in [0.717, 1.165) is 25.0 Å². The van der Waals surface area contributed by atoms with Gasteiger partial charge in [-0.1, -0.05) is 0 Å². The highest BCUT2D eigenvalue weighted by atomic mass is 19.4. The Hall–Kier alpha value is -2.30. The highest BCUT2D eigenvalue weighted by Gasteiger charge is 2.33. The number of nitriles is 1. The van der Waals surface area contributed by atoms with Crippen LogP contribution in [0.1, 0.15) is 31.0 Å². The maximum absolute atomic E-state index is 12.6. The van der Waals surface area contributed by atoms with Crippen LogP contribution in [-0.2, 0) is 11.0 Å². The molecule has 0 spiro atoms. The molecule has 0 aliphatic heterocycles. The first-order chi connectivity index (χ1) is 9.81. The van der Waals surface area contributed by atoms with E-state index in [4.69, 9.17) is 5.26 Å². The van der Waals surface area contributed by atoms with Crippen molar-refractivity contribution in [3.05, 3.63) is 23.4 Å². The summed E-state index contributed by atoms with van der Waals surface area (Å²) in [6.07, 6.45) is -2.79. The summed E-state index contributed by atoms with van der Waals surface area (Å²) in [4.78, 5) is 15.2. The summed E-state index contributed by atoms with van der Waals surface area (Å²) < 4.78 is 37.9. The first-order valence-corrected chi connectivity index (χ1v) is 6.36. The molecular formula is C13H13F3N4O. The minimum absolute atomic E-state index is 0.0472. The lowest BCUT2D eigenvalue weighted by atomic mass is 10.2. The van der Waals surface area contributed by atoms with Crippen molar-refractivity contribution in [2.45, 2.75) is 38.0 Å². The van der Waals surface area contributed by atoms with E-state index in [0.29, 0.717) is 0 Å². The first-order valence-electron chi connectivity index (χ1n) is 6.36. The van der Waals surface area contributed by atoms with Crippen LogP contribution in [0, 0.1) is 11.3 Å². The number of carbonyl (C=O) groups is 1. The van der Waals surface area contributed by atoms with Gasteiger partial charge in [0.25, 0.3) is 0 Å². The summed E-state index contributed by atoms with van der Waals surface area (Å²) in [5.41, 5.74) is -1.16. The molecule has 8 heteroatoms. The zero-order valence-electron chi connectivity index (χ0n) is 11.2. The van der Waals surface area contributed by atoms with Crippen LogP contribution in [0.15, 0.2) is 12.1 Å². The maximum atomic E-state index is 12.6. The summed E-state index contributed by atoms with van der Waals surface area (Å²) in [6.45, 7) is 1.50. The molecule has 0 saturated heterocycles. The van der Waals surface area contributed by atoms with Crippen molar-refractivity contribution in [2.75, 3.05) is 5.32 Å². The minimum atomic E-state index is -4.61. The fourth-order valence-corrected chi connectivity index (χ4v) is 1.64. The normalized spacial score (nSPS) is 16.0. The number of pyridine rings is 1. The summed E-state index contributed by atoms with van der Waals surface area (Å²) in [5.74, 6) is -0.577. The third kappa shape index (κ3) is 3.84. The molecule has 2 rings (SSSR count). The molecule has 21 heavy (non-hydrogen) atoms. The van der Waals surface area contributed by atoms with Crippen LogP contribution in [0.4, 0.5) is 19.0 Å². The predicted molar refractivity (Wildman–Crippen MR) is 68.2 cm³/mol. The Kier molecular flexibility index (Phi) is 4.02. The number of carbonyl (C=O) groups excluding carboxylic acids is 1. The molecule has 1 fully saturated rings. The van der Waals surface area contributed by atoms with Crippen LogP contribution in [0.25, 0.3) is 0 Å². The topological polar surface area (TPSA) is 77.8 Å². The maximum Gasteiger partial charge on any atom is 0.433 e. The second kappa shape index (κ2) is 5.60. The first kappa shape index (κ1) is 15.1. The third-order valence-electron chi connectivity index (χ3n) is 2.98. The zero-order valence-corrected chi connectivity index (χ0v) is 11.2. The average molecular weight is 298 g/mol. The molecule has 0 aromatic carbocycles. The molecule has 1 aromatic heterocycles. The van der Waals surface area contributed by atoms with Crippen molar-refractivity contribution < 1.29 is 18.0 Å². The number of halogens is 3. The SMILES string of the molecule is CC(Nc1nc(C(F)(F)F)ccc1C#N)C(=O)NC1CC1. The molecule has 2 N–H and O–H groups in total. The van der Waals surface area contributed by atoms with E-state index in [2.05, 4.69) is 15.6 Å². The Morgan fingerprint density at radius 2 is 2.14 bits per heavy atom. The van der Waals surface area contributed by atoms with Gasteiger partial charge in [0.15, 0.2) is 0 Å². The number of amides is 1. The van der Waals surface area contributed by atoms with Crippen molar-refractivity contribution in [3.8, 4) is 6.07 Å². The van der Waals surface area contributed by atoms with Gasteiger partial charge in [-0.05, 0) is 31.9 Å². The van der Waals surface area contributed by atoms with Crippen molar-refractivity contribution in [3.63, 3.8) is 0 Å². The van der Waals surface area contributed by atoms with Crippen molar-refractivity contribution >= 4 is 11.7 Å². The second-order valence-corrected chi connectivity index (χ2v) is 4.85. The molecule has 112 valence electrons. The van der Waals surface area contributed by atoms with E-state index >= 15 is 0 Å². The quantitative estimate of drug-likeness (QED) is 0.892. The number of aromatic nitrogens is 1. The number of hydrogen-bond donors (Lipinski definition) is 2. The van der Waals surface area contributed by atoms with Gasteiger partial charge in [-0.15, -0.1) is 0 Å². The Bertz CT molecular complexity index is 590. The fourth-order valence-electron chi connectivity index (χ4n) is 1.64. The third-order valence-corrected chi connectivity index (χ3v) is 2.98. The molecule has 1 aliphatic rings. The van der Waals surface area contributed by atoms with Crippen molar-refractivity contribution in [1.29, 1.82) is 5.26 Å². The number of anilines is 1. The Balaban J connectivity index is 2.16. The summed E-state index contributed by atoms with van der Waals surface area (Å²) in [7, 11) is 0. The minimum Gasteiger partial charge on any atom is -0.358 e. The number of nitrogens with one attached hydrogen (secondary N) is 2. The predicted octanol–water partition coefficient (Wildman–Crippen LogP) is 2.05. The van der Waals surface area contributed by atoms with E-state index in [-0.39, 0.29) is 23.3 Å². The molecule has 1 aliphatic carbocycles. The van der Waals surface area contributed by atoms with Gasteiger partial charge in [0.05, 0.1) is 5.56 Å². The Morgan fingerprint density at radius 3 is 2.67 bits per heavy atom. The molecule has 1 amide bonds. The number of rotatable bonds is 4. The van der Waals surface area contributed by atoms with Gasteiger partial charge in [0.1, 0.15) is 23.6 Å². The monoisotopic (exact) mass is 298 g/mol. The van der Waals surface area contributed by atoms with Gasteiger partial charge in [0.2, 0.25) is 5.91 Å². The molecule has 5 nitrogen and oxygen atoms in total. The largest absolute Gasteiger partial charge is 0.433 e. The Morgan fingerprint density at radius 1 is 1.48 bits per heavy atom. The van der Waals surface area contributed by atoms with Gasteiger partial charge in [-0.2, -0.15) is 18.4 Å². The molecule has 1 saturated carbocycles. The summed E-state index contributed by atoms with van der Waals surface area (Å²) >= 11 is 0. The lowest BCUT2D eigenvalue weighted by Gasteiger charge is -2.16. The Labute approximate surface area is 119 Å². The second-order valence-electron chi connectivity index (χ2n) is 4.85. The number of nitrogens with zero attached hydrogens (tertiary/aromatic N) is 2. The summed E-state index contributed by atoms with van der Waals surface area (Å²) in [5, 5.41) is 14.2. The molecule has 1 aromatic rings. The van der Waals surface area contributed by atoms with E-state index in [1.165, 1.54) is 6.92 Å². The van der Waals surface area contributed by atoms with Crippen LogP contribution in [0.2, 0.25) is 0 Å². The van der Waals surface area contributed by atoms with E-state index in [1.807, 2.05) is 0 Å². The van der Waals surface area contributed by atoms with Crippen LogP contribution >= 0.6 is 0 Å². The highest BCUT2D eigenvalue weighted by molar-refractivity contribution is 5.84. The average Bonchev–Trinajstić information content (AvgIpc) is 3.21. The molecule has 1 unspecified atom stereocenters. The van der Waals surface area contributed by atoms with Crippen LogP contribution < -0.4 is 10.6 Å². The standard InChI is InChI=1S/C13H13F3N4O/c1-7(12(21)19-9-3-4-9)18-11-8(6-17)2-5-10(20-11)13(14,15)16/h2,5,7,9H,3-4H2,1H3,(H,18,20)(H,19,21). The van der Waals surface area contributed by atoms with Crippen LogP contribution in [0.3, 0.4) is 0 Å². The molecule has 0 bridgehead atoms. The van der Waals surface area contributed by atoms with Crippen molar-refractivity contribution in [2.24, 2.45) is 0 Å².